The molecule has 2 heteroatoms. The number of benzene rings is 2. The third-order valence-corrected chi connectivity index (χ3v) is 4.59. The molecule has 19 heavy (non-hydrogen) atoms. The lowest BCUT2D eigenvalue weighted by Crippen LogP contribution is -1.98. The Kier molecular flexibility index (Phi) is 3.34. The molecule has 3 rings (SSSR count). The van der Waals surface area contributed by atoms with Crippen LogP contribution in [0.15, 0.2) is 59.5 Å². The van der Waals surface area contributed by atoms with Gasteiger partial charge in [0.05, 0.1) is 7.11 Å². The molecule has 2 aromatic rings. The maximum Gasteiger partial charge on any atom is 0.118 e. The van der Waals surface area contributed by atoms with Gasteiger partial charge in [-0.1, -0.05) is 55.1 Å². The summed E-state index contributed by atoms with van der Waals surface area (Å²) in [6.07, 6.45) is 2.34. The highest BCUT2D eigenvalue weighted by molar-refractivity contribution is 8.08. The van der Waals surface area contributed by atoms with Crippen LogP contribution in [-0.2, 0) is 0 Å². The van der Waals surface area contributed by atoms with Crippen molar-refractivity contribution in [2.75, 3.05) is 7.11 Å². The SMILES string of the molecule is COc1ccc(C2=CC(C)c3ccccc3S2)cc1. The van der Waals surface area contributed by atoms with E-state index in [9.17, 15) is 0 Å². The Bertz CT molecular complexity index is 613. The molecule has 1 aliphatic rings. The Morgan fingerprint density at radius 2 is 1.74 bits per heavy atom. The number of ether oxygens (including phenoxy) is 1. The maximum atomic E-state index is 5.21. The Morgan fingerprint density at radius 1 is 1.00 bits per heavy atom. The van der Waals surface area contributed by atoms with Gasteiger partial charge in [0.25, 0.3) is 0 Å². The molecular weight excluding hydrogens is 252 g/mol. The monoisotopic (exact) mass is 268 g/mol. The zero-order chi connectivity index (χ0) is 13.2. The van der Waals surface area contributed by atoms with Gasteiger partial charge in [-0.05, 0) is 29.3 Å². The highest BCUT2D eigenvalue weighted by Crippen LogP contribution is 2.44. The molecular formula is C17H16OS. The molecule has 0 fully saturated rings. The summed E-state index contributed by atoms with van der Waals surface area (Å²) < 4.78 is 5.21. The van der Waals surface area contributed by atoms with Gasteiger partial charge in [0, 0.05) is 15.7 Å². The molecule has 0 aliphatic carbocycles. The van der Waals surface area contributed by atoms with Gasteiger partial charge >= 0.3 is 0 Å². The number of methoxy groups -OCH3 is 1. The van der Waals surface area contributed by atoms with Gasteiger partial charge in [0.15, 0.2) is 0 Å². The number of rotatable bonds is 2. The van der Waals surface area contributed by atoms with Crippen molar-refractivity contribution in [1.29, 1.82) is 0 Å². The van der Waals surface area contributed by atoms with E-state index in [0.29, 0.717) is 5.92 Å². The van der Waals surface area contributed by atoms with Gasteiger partial charge in [-0.15, -0.1) is 0 Å². The van der Waals surface area contributed by atoms with Crippen LogP contribution in [0, 0.1) is 0 Å². The van der Waals surface area contributed by atoms with Crippen LogP contribution in [0.3, 0.4) is 0 Å². The summed E-state index contributed by atoms with van der Waals surface area (Å²) in [4.78, 5) is 2.69. The standard InChI is InChI=1S/C17H16OS/c1-12-11-17(13-7-9-14(18-2)10-8-13)19-16-6-4-3-5-15(12)16/h3-12H,1-2H3. The van der Waals surface area contributed by atoms with Gasteiger partial charge in [-0.3, -0.25) is 0 Å². The number of hydrogen-bond donors (Lipinski definition) is 0. The Morgan fingerprint density at radius 3 is 2.47 bits per heavy atom. The van der Waals surface area contributed by atoms with Crippen molar-refractivity contribution in [3.05, 3.63) is 65.7 Å². The van der Waals surface area contributed by atoms with Crippen LogP contribution in [0.25, 0.3) is 4.91 Å². The summed E-state index contributed by atoms with van der Waals surface area (Å²) in [6, 6.07) is 16.9. The second kappa shape index (κ2) is 5.14. The normalized spacial score (nSPS) is 17.6. The lowest BCUT2D eigenvalue weighted by molar-refractivity contribution is 0.415. The van der Waals surface area contributed by atoms with E-state index < -0.39 is 0 Å². The molecule has 1 unspecified atom stereocenters. The van der Waals surface area contributed by atoms with Gasteiger partial charge < -0.3 is 4.74 Å². The van der Waals surface area contributed by atoms with Crippen LogP contribution >= 0.6 is 11.8 Å². The number of thioether (sulfide) groups is 1. The molecule has 1 nitrogen and oxygen atoms in total. The predicted molar refractivity (Wildman–Crippen MR) is 81.7 cm³/mol. The first-order valence-electron chi connectivity index (χ1n) is 6.41. The van der Waals surface area contributed by atoms with E-state index in [2.05, 4.69) is 49.4 Å². The molecule has 0 N–H and O–H groups in total. The van der Waals surface area contributed by atoms with Crippen molar-refractivity contribution in [1.82, 2.24) is 0 Å². The van der Waals surface area contributed by atoms with E-state index in [1.165, 1.54) is 20.9 Å². The zero-order valence-electron chi connectivity index (χ0n) is 11.1. The van der Waals surface area contributed by atoms with Crippen molar-refractivity contribution in [3.8, 4) is 5.75 Å². The zero-order valence-corrected chi connectivity index (χ0v) is 11.9. The average Bonchev–Trinajstić information content (AvgIpc) is 2.47. The molecule has 0 amide bonds. The van der Waals surface area contributed by atoms with E-state index in [-0.39, 0.29) is 0 Å². The van der Waals surface area contributed by atoms with E-state index in [1.54, 1.807) is 7.11 Å². The Hall–Kier alpha value is -1.67. The second-order valence-corrected chi connectivity index (χ2v) is 5.77. The smallest absolute Gasteiger partial charge is 0.118 e. The predicted octanol–water partition coefficient (Wildman–Crippen LogP) is 4.95. The number of hydrogen-bond acceptors (Lipinski definition) is 2. The van der Waals surface area contributed by atoms with Crippen LogP contribution in [0.1, 0.15) is 24.0 Å². The lowest BCUT2D eigenvalue weighted by Gasteiger charge is -2.21. The van der Waals surface area contributed by atoms with E-state index in [4.69, 9.17) is 4.74 Å². The summed E-state index contributed by atoms with van der Waals surface area (Å²) in [5.74, 6) is 1.37. The fourth-order valence-corrected chi connectivity index (χ4v) is 3.61. The molecule has 2 aromatic carbocycles. The van der Waals surface area contributed by atoms with Crippen LogP contribution in [0.4, 0.5) is 0 Å². The van der Waals surface area contributed by atoms with E-state index in [1.807, 2.05) is 23.9 Å². The molecule has 1 atom stereocenters. The molecule has 0 radical (unpaired) electrons. The van der Waals surface area contributed by atoms with E-state index in [0.717, 1.165) is 5.75 Å². The molecule has 0 bridgehead atoms. The maximum absolute atomic E-state index is 5.21. The molecule has 0 spiro atoms. The summed E-state index contributed by atoms with van der Waals surface area (Å²) >= 11 is 1.85. The summed E-state index contributed by atoms with van der Waals surface area (Å²) in [5.41, 5.74) is 2.68. The summed E-state index contributed by atoms with van der Waals surface area (Å²) in [6.45, 7) is 2.25. The highest BCUT2D eigenvalue weighted by atomic mass is 32.2. The first-order chi connectivity index (χ1) is 9.28. The van der Waals surface area contributed by atoms with Gasteiger partial charge in [0.1, 0.15) is 5.75 Å². The van der Waals surface area contributed by atoms with E-state index >= 15 is 0 Å². The van der Waals surface area contributed by atoms with Crippen molar-refractivity contribution in [2.24, 2.45) is 0 Å². The van der Waals surface area contributed by atoms with Crippen LogP contribution in [0.2, 0.25) is 0 Å². The lowest BCUT2D eigenvalue weighted by atomic mass is 9.99. The minimum absolute atomic E-state index is 0.467. The third kappa shape index (κ3) is 2.41. The molecule has 0 saturated heterocycles. The fraction of sp³-hybridized carbons (Fsp3) is 0.176. The highest BCUT2D eigenvalue weighted by Gasteiger charge is 2.17. The summed E-state index contributed by atoms with van der Waals surface area (Å²) in [7, 11) is 1.70. The molecule has 0 saturated carbocycles. The molecule has 1 aliphatic heterocycles. The van der Waals surface area contributed by atoms with Crippen LogP contribution < -0.4 is 4.74 Å². The van der Waals surface area contributed by atoms with Gasteiger partial charge in [-0.2, -0.15) is 0 Å². The number of allylic oxidation sites excluding steroid dienone is 1. The van der Waals surface area contributed by atoms with Gasteiger partial charge in [0.2, 0.25) is 0 Å². The van der Waals surface area contributed by atoms with Crippen LogP contribution in [-0.4, -0.2) is 7.11 Å². The van der Waals surface area contributed by atoms with Crippen molar-refractivity contribution in [2.45, 2.75) is 17.7 Å². The number of fused-ring (bicyclic) bond motifs is 1. The third-order valence-electron chi connectivity index (χ3n) is 3.41. The fourth-order valence-electron chi connectivity index (χ4n) is 2.33. The minimum atomic E-state index is 0.467. The quantitative estimate of drug-likeness (QED) is 0.762. The molecule has 1 heterocycles. The van der Waals surface area contributed by atoms with Crippen molar-refractivity contribution in [3.63, 3.8) is 0 Å². The van der Waals surface area contributed by atoms with Crippen molar-refractivity contribution >= 4 is 16.7 Å². The first-order valence-corrected chi connectivity index (χ1v) is 7.22. The molecule has 96 valence electrons. The topological polar surface area (TPSA) is 9.23 Å². The average molecular weight is 268 g/mol. The van der Waals surface area contributed by atoms with Crippen molar-refractivity contribution < 1.29 is 4.74 Å². The minimum Gasteiger partial charge on any atom is -0.497 e. The Labute approximate surface area is 118 Å². The largest absolute Gasteiger partial charge is 0.497 e. The molecule has 0 aromatic heterocycles. The summed E-state index contributed by atoms with van der Waals surface area (Å²) in [5, 5.41) is 0. The first kappa shape index (κ1) is 12.4. The second-order valence-electron chi connectivity index (χ2n) is 4.69. The van der Waals surface area contributed by atoms with Gasteiger partial charge in [-0.25, -0.2) is 0 Å². The van der Waals surface area contributed by atoms with Crippen LogP contribution in [0.5, 0.6) is 5.75 Å². The Balaban J connectivity index is 1.94.